The lowest BCUT2D eigenvalue weighted by molar-refractivity contribution is 0.134. The van der Waals surface area contributed by atoms with Gasteiger partial charge in [-0.1, -0.05) is 12.1 Å². The van der Waals surface area contributed by atoms with E-state index in [1.807, 2.05) is 48.9 Å². The number of aromatic nitrogens is 3. The first-order valence-electron chi connectivity index (χ1n) is 9.22. The number of nitrogens with zero attached hydrogens (tertiary/aromatic N) is 3. The fourth-order valence-electron chi connectivity index (χ4n) is 2.90. The molecule has 0 saturated heterocycles. The van der Waals surface area contributed by atoms with Crippen molar-refractivity contribution in [3.63, 3.8) is 0 Å². The molecular weight excluding hydrogens is 352 g/mol. The first-order valence-corrected chi connectivity index (χ1v) is 9.22. The predicted octanol–water partition coefficient (Wildman–Crippen LogP) is 5.12. The lowest BCUT2D eigenvalue weighted by atomic mass is 10.1. The van der Waals surface area contributed by atoms with E-state index in [0.29, 0.717) is 25.0 Å². The van der Waals surface area contributed by atoms with Crippen molar-refractivity contribution < 1.29 is 9.15 Å². The minimum atomic E-state index is 0.463. The fraction of sp³-hybridized carbons (Fsp3) is 0.182. The van der Waals surface area contributed by atoms with Gasteiger partial charge in [0.1, 0.15) is 0 Å². The summed E-state index contributed by atoms with van der Waals surface area (Å²) < 4.78 is 13.4. The van der Waals surface area contributed by atoms with Gasteiger partial charge >= 0.3 is 0 Å². The molecule has 2 aromatic heterocycles. The number of rotatable bonds is 7. The summed E-state index contributed by atoms with van der Waals surface area (Å²) in [7, 11) is 0. The standard InChI is InChI=1S/C22H22N4O2/c1-3-27-14-17-5-4-16(2)20(12-17)25-22-24-13-21(28-22)18-6-8-19(9-7-18)26-11-10-23-15-26/h4-13,15H,3,14H2,1-2H3,(H,24,25). The van der Waals surface area contributed by atoms with Crippen LogP contribution in [0.1, 0.15) is 18.1 Å². The highest BCUT2D eigenvalue weighted by atomic mass is 16.5. The maximum absolute atomic E-state index is 5.91. The van der Waals surface area contributed by atoms with E-state index in [0.717, 1.165) is 28.1 Å². The Morgan fingerprint density at radius 3 is 2.75 bits per heavy atom. The van der Waals surface area contributed by atoms with Crippen LogP contribution in [0.25, 0.3) is 17.0 Å². The molecule has 28 heavy (non-hydrogen) atoms. The number of hydrogen-bond donors (Lipinski definition) is 1. The van der Waals surface area contributed by atoms with Gasteiger partial charge in [0.25, 0.3) is 6.01 Å². The van der Waals surface area contributed by atoms with Gasteiger partial charge in [0.2, 0.25) is 0 Å². The Morgan fingerprint density at radius 2 is 2.00 bits per heavy atom. The molecule has 0 aliphatic rings. The molecule has 0 aliphatic carbocycles. The molecule has 6 nitrogen and oxygen atoms in total. The molecule has 0 saturated carbocycles. The van der Waals surface area contributed by atoms with Gasteiger partial charge in [-0.3, -0.25) is 0 Å². The van der Waals surface area contributed by atoms with E-state index in [1.165, 1.54) is 0 Å². The van der Waals surface area contributed by atoms with Crippen molar-refractivity contribution >= 4 is 11.7 Å². The highest BCUT2D eigenvalue weighted by Gasteiger charge is 2.09. The summed E-state index contributed by atoms with van der Waals surface area (Å²) in [5, 5.41) is 3.27. The highest BCUT2D eigenvalue weighted by molar-refractivity contribution is 5.63. The van der Waals surface area contributed by atoms with Crippen LogP contribution < -0.4 is 5.32 Å². The molecule has 6 heteroatoms. The Kier molecular flexibility index (Phi) is 5.21. The molecule has 2 heterocycles. The molecule has 0 unspecified atom stereocenters. The zero-order valence-electron chi connectivity index (χ0n) is 15.9. The molecule has 2 aromatic carbocycles. The van der Waals surface area contributed by atoms with Crippen molar-refractivity contribution in [3.8, 4) is 17.0 Å². The lowest BCUT2D eigenvalue weighted by Gasteiger charge is -2.09. The van der Waals surface area contributed by atoms with Crippen molar-refractivity contribution in [1.29, 1.82) is 0 Å². The first kappa shape index (κ1) is 18.0. The SMILES string of the molecule is CCOCc1ccc(C)c(Nc2ncc(-c3ccc(-n4ccnc4)cc3)o2)c1. The van der Waals surface area contributed by atoms with E-state index in [-0.39, 0.29) is 0 Å². The van der Waals surface area contributed by atoms with Crippen molar-refractivity contribution in [1.82, 2.24) is 14.5 Å². The van der Waals surface area contributed by atoms with E-state index < -0.39 is 0 Å². The van der Waals surface area contributed by atoms with Crippen molar-refractivity contribution in [2.24, 2.45) is 0 Å². The maximum Gasteiger partial charge on any atom is 0.299 e. The number of hydrogen-bond acceptors (Lipinski definition) is 5. The first-order chi connectivity index (χ1) is 13.7. The normalized spacial score (nSPS) is 10.9. The van der Waals surface area contributed by atoms with Crippen molar-refractivity contribution in [2.45, 2.75) is 20.5 Å². The second-order valence-corrected chi connectivity index (χ2v) is 6.46. The fourth-order valence-corrected chi connectivity index (χ4v) is 2.90. The van der Waals surface area contributed by atoms with E-state index in [1.54, 1.807) is 18.7 Å². The van der Waals surface area contributed by atoms with Gasteiger partial charge in [0.05, 0.1) is 19.1 Å². The third-order valence-corrected chi connectivity index (χ3v) is 4.48. The summed E-state index contributed by atoms with van der Waals surface area (Å²) in [6.45, 7) is 5.32. The highest BCUT2D eigenvalue weighted by Crippen LogP contribution is 2.27. The number of aryl methyl sites for hydroxylation is 1. The maximum atomic E-state index is 5.91. The van der Waals surface area contributed by atoms with Gasteiger partial charge in [0.15, 0.2) is 5.76 Å². The average Bonchev–Trinajstić information content (AvgIpc) is 3.41. The molecule has 0 spiro atoms. The quantitative estimate of drug-likeness (QED) is 0.487. The molecule has 0 fully saturated rings. The average molecular weight is 374 g/mol. The molecule has 0 radical (unpaired) electrons. The van der Waals surface area contributed by atoms with E-state index in [2.05, 4.69) is 33.5 Å². The number of nitrogens with one attached hydrogen (secondary N) is 1. The number of ether oxygens (including phenoxy) is 1. The van der Waals surface area contributed by atoms with Crippen molar-refractivity contribution in [2.75, 3.05) is 11.9 Å². The summed E-state index contributed by atoms with van der Waals surface area (Å²) in [6, 6.07) is 14.7. The van der Waals surface area contributed by atoms with E-state index in [9.17, 15) is 0 Å². The van der Waals surface area contributed by atoms with Gasteiger partial charge in [-0.25, -0.2) is 9.97 Å². The van der Waals surface area contributed by atoms with Crippen LogP contribution in [-0.4, -0.2) is 21.1 Å². The molecule has 4 rings (SSSR count). The van der Waals surface area contributed by atoms with Gasteiger partial charge in [-0.15, -0.1) is 0 Å². The van der Waals surface area contributed by atoms with Gasteiger partial charge < -0.3 is 19.0 Å². The second-order valence-electron chi connectivity index (χ2n) is 6.46. The smallest absolute Gasteiger partial charge is 0.299 e. The minimum absolute atomic E-state index is 0.463. The molecular formula is C22H22N4O2. The van der Waals surface area contributed by atoms with Gasteiger partial charge in [-0.05, 0) is 55.3 Å². The van der Waals surface area contributed by atoms with E-state index >= 15 is 0 Å². The van der Waals surface area contributed by atoms with Crippen LogP contribution >= 0.6 is 0 Å². The third-order valence-electron chi connectivity index (χ3n) is 4.48. The zero-order valence-corrected chi connectivity index (χ0v) is 15.9. The van der Waals surface area contributed by atoms with Crippen LogP contribution in [0.4, 0.5) is 11.7 Å². The topological polar surface area (TPSA) is 65.1 Å². The van der Waals surface area contributed by atoms with Crippen LogP contribution in [0.15, 0.2) is 71.8 Å². The van der Waals surface area contributed by atoms with Crippen LogP contribution in [0.5, 0.6) is 0 Å². The Balaban J connectivity index is 1.50. The molecule has 1 N–H and O–H groups in total. The summed E-state index contributed by atoms with van der Waals surface area (Å²) in [4.78, 5) is 8.44. The van der Waals surface area contributed by atoms with Crippen molar-refractivity contribution in [3.05, 3.63) is 78.5 Å². The lowest BCUT2D eigenvalue weighted by Crippen LogP contribution is -1.97. The summed E-state index contributed by atoms with van der Waals surface area (Å²) in [5.41, 5.74) is 5.19. The number of anilines is 2. The summed E-state index contributed by atoms with van der Waals surface area (Å²) >= 11 is 0. The minimum Gasteiger partial charge on any atom is -0.423 e. The third kappa shape index (κ3) is 3.97. The van der Waals surface area contributed by atoms with Crippen LogP contribution in [0.3, 0.4) is 0 Å². The molecule has 4 aromatic rings. The summed E-state index contributed by atoms with van der Waals surface area (Å²) in [5.74, 6) is 0.711. The zero-order chi connectivity index (χ0) is 19.3. The monoisotopic (exact) mass is 374 g/mol. The van der Waals surface area contributed by atoms with Gasteiger partial charge in [0, 0.05) is 35.9 Å². The predicted molar refractivity (Wildman–Crippen MR) is 109 cm³/mol. The van der Waals surface area contributed by atoms with Crippen LogP contribution in [0, 0.1) is 6.92 Å². The van der Waals surface area contributed by atoms with Crippen LogP contribution in [0.2, 0.25) is 0 Å². The molecule has 0 bridgehead atoms. The van der Waals surface area contributed by atoms with Crippen LogP contribution in [-0.2, 0) is 11.3 Å². The molecule has 0 amide bonds. The largest absolute Gasteiger partial charge is 0.423 e. The number of benzene rings is 2. The molecule has 0 aliphatic heterocycles. The Bertz CT molecular complexity index is 1040. The second kappa shape index (κ2) is 8.10. The Morgan fingerprint density at radius 1 is 1.14 bits per heavy atom. The number of imidazole rings is 1. The Labute approximate surface area is 163 Å². The Hall–Kier alpha value is -3.38. The molecule has 142 valence electrons. The molecule has 0 atom stereocenters. The summed E-state index contributed by atoms with van der Waals surface area (Å²) in [6.07, 6.45) is 7.17. The number of oxazole rings is 1. The van der Waals surface area contributed by atoms with E-state index in [4.69, 9.17) is 9.15 Å². The van der Waals surface area contributed by atoms with Gasteiger partial charge in [-0.2, -0.15) is 0 Å².